The highest BCUT2D eigenvalue weighted by molar-refractivity contribution is 6.30. The summed E-state index contributed by atoms with van der Waals surface area (Å²) in [5, 5.41) is 7.88. The van der Waals surface area contributed by atoms with Crippen molar-refractivity contribution in [2.24, 2.45) is 0 Å². The van der Waals surface area contributed by atoms with Crippen LogP contribution in [0, 0.1) is 0 Å². The molecule has 1 spiro atoms. The molecule has 5 rings (SSSR count). The van der Waals surface area contributed by atoms with Crippen molar-refractivity contribution >= 4 is 23.2 Å². The molecule has 2 unspecified atom stereocenters. The van der Waals surface area contributed by atoms with Crippen molar-refractivity contribution in [2.45, 2.75) is 31.2 Å². The third kappa shape index (κ3) is 3.12. The van der Waals surface area contributed by atoms with E-state index in [1.807, 2.05) is 42.5 Å². The van der Waals surface area contributed by atoms with Crippen LogP contribution < -0.4 is 5.32 Å². The Balaban J connectivity index is 1.32. The molecule has 0 bridgehead atoms. The fourth-order valence-corrected chi connectivity index (χ4v) is 4.52. The molecular weight excluding hydrogens is 388 g/mol. The first-order chi connectivity index (χ1) is 14.0. The second-order valence-corrected chi connectivity index (χ2v) is 8.27. The second kappa shape index (κ2) is 6.97. The van der Waals surface area contributed by atoms with E-state index in [4.69, 9.17) is 16.1 Å². The van der Waals surface area contributed by atoms with E-state index in [-0.39, 0.29) is 11.9 Å². The summed E-state index contributed by atoms with van der Waals surface area (Å²) in [5.41, 5.74) is 2.61. The molecule has 0 radical (unpaired) electrons. The predicted octanol–water partition coefficient (Wildman–Crippen LogP) is 3.97. The van der Waals surface area contributed by atoms with Crippen LogP contribution in [0.1, 0.15) is 42.2 Å². The van der Waals surface area contributed by atoms with Gasteiger partial charge in [0.1, 0.15) is 0 Å². The monoisotopic (exact) mass is 408 g/mol. The van der Waals surface area contributed by atoms with Crippen molar-refractivity contribution in [2.75, 3.05) is 18.4 Å². The molecule has 1 aromatic heterocycles. The second-order valence-electron chi connectivity index (χ2n) is 7.83. The van der Waals surface area contributed by atoms with Crippen LogP contribution in [-0.2, 0) is 16.6 Å². The average molecular weight is 409 g/mol. The van der Waals surface area contributed by atoms with E-state index < -0.39 is 5.41 Å². The number of carbonyl (C=O) groups is 1. The van der Waals surface area contributed by atoms with Gasteiger partial charge < -0.3 is 9.84 Å². The van der Waals surface area contributed by atoms with E-state index in [2.05, 4.69) is 33.3 Å². The minimum absolute atomic E-state index is 0.0543. The first-order valence-corrected chi connectivity index (χ1v) is 10.1. The van der Waals surface area contributed by atoms with Gasteiger partial charge >= 0.3 is 0 Å². The molecular formula is C22H21ClN4O2. The van der Waals surface area contributed by atoms with Gasteiger partial charge in [0.15, 0.2) is 5.82 Å². The van der Waals surface area contributed by atoms with E-state index in [1.54, 1.807) is 0 Å². The third-order valence-electron chi connectivity index (χ3n) is 6.09. The molecule has 0 saturated carbocycles. The van der Waals surface area contributed by atoms with Crippen LogP contribution in [-0.4, -0.2) is 34.0 Å². The van der Waals surface area contributed by atoms with E-state index in [0.29, 0.717) is 29.7 Å². The average Bonchev–Trinajstić information content (AvgIpc) is 3.43. The van der Waals surface area contributed by atoms with Gasteiger partial charge in [0.25, 0.3) is 0 Å². The van der Waals surface area contributed by atoms with E-state index >= 15 is 0 Å². The number of rotatable bonds is 4. The minimum atomic E-state index is -0.489. The SMILES string of the molecule is CC(c1nc(Cc2ccc(Cl)cc2)no1)N1CCC2(C1)C(=O)Nc1ccccc12. The van der Waals surface area contributed by atoms with Crippen LogP contribution in [0.15, 0.2) is 53.1 Å². The van der Waals surface area contributed by atoms with Crippen LogP contribution in [0.5, 0.6) is 0 Å². The molecule has 3 heterocycles. The van der Waals surface area contributed by atoms with Gasteiger partial charge in [-0.1, -0.05) is 47.1 Å². The lowest BCUT2D eigenvalue weighted by molar-refractivity contribution is -0.120. The first kappa shape index (κ1) is 18.3. The molecule has 7 heteroatoms. The minimum Gasteiger partial charge on any atom is -0.338 e. The predicted molar refractivity (Wildman–Crippen MR) is 110 cm³/mol. The van der Waals surface area contributed by atoms with Gasteiger partial charge in [-0.3, -0.25) is 9.69 Å². The maximum absolute atomic E-state index is 12.8. The molecule has 0 aliphatic carbocycles. The van der Waals surface area contributed by atoms with Gasteiger partial charge in [0.2, 0.25) is 11.8 Å². The number of halogens is 1. The summed E-state index contributed by atoms with van der Waals surface area (Å²) < 4.78 is 5.55. The highest BCUT2D eigenvalue weighted by Gasteiger charge is 2.52. The molecule has 29 heavy (non-hydrogen) atoms. The molecule has 2 aliphatic rings. The smallest absolute Gasteiger partial charge is 0.243 e. The number of aromatic nitrogens is 2. The number of likely N-dealkylation sites (tertiary alicyclic amines) is 1. The molecule has 6 nitrogen and oxygen atoms in total. The van der Waals surface area contributed by atoms with E-state index in [1.165, 1.54) is 0 Å². The van der Waals surface area contributed by atoms with Gasteiger partial charge in [0, 0.05) is 30.2 Å². The van der Waals surface area contributed by atoms with Crippen LogP contribution >= 0.6 is 11.6 Å². The largest absolute Gasteiger partial charge is 0.338 e. The lowest BCUT2D eigenvalue weighted by Gasteiger charge is -2.25. The van der Waals surface area contributed by atoms with E-state index in [9.17, 15) is 4.79 Å². The zero-order valence-electron chi connectivity index (χ0n) is 16.1. The number of benzene rings is 2. The summed E-state index contributed by atoms with van der Waals surface area (Å²) in [7, 11) is 0. The summed E-state index contributed by atoms with van der Waals surface area (Å²) in [6, 6.07) is 15.5. The quantitative estimate of drug-likeness (QED) is 0.707. The number of amides is 1. The summed E-state index contributed by atoms with van der Waals surface area (Å²) in [6.45, 7) is 3.50. The van der Waals surface area contributed by atoms with Crippen molar-refractivity contribution in [1.29, 1.82) is 0 Å². The lowest BCUT2D eigenvalue weighted by Crippen LogP contribution is -2.38. The molecule has 2 atom stereocenters. The van der Waals surface area contributed by atoms with Gasteiger partial charge in [-0.15, -0.1) is 0 Å². The highest BCUT2D eigenvalue weighted by Crippen LogP contribution is 2.45. The van der Waals surface area contributed by atoms with E-state index in [0.717, 1.165) is 29.8 Å². The van der Waals surface area contributed by atoms with Crippen molar-refractivity contribution in [3.05, 3.63) is 76.4 Å². The Kier molecular flexibility index (Phi) is 4.41. The van der Waals surface area contributed by atoms with Crippen molar-refractivity contribution in [3.63, 3.8) is 0 Å². The molecule has 1 saturated heterocycles. The molecule has 148 valence electrons. The van der Waals surface area contributed by atoms with Crippen molar-refractivity contribution < 1.29 is 9.32 Å². The van der Waals surface area contributed by atoms with Crippen LogP contribution in [0.25, 0.3) is 0 Å². The third-order valence-corrected chi connectivity index (χ3v) is 6.34. The fourth-order valence-electron chi connectivity index (χ4n) is 4.40. The number of para-hydroxylation sites is 1. The Hall–Kier alpha value is -2.70. The Labute approximate surface area is 173 Å². The summed E-state index contributed by atoms with van der Waals surface area (Å²) >= 11 is 5.94. The number of fused-ring (bicyclic) bond motifs is 2. The fraction of sp³-hybridized carbons (Fsp3) is 0.318. The maximum atomic E-state index is 12.8. The number of anilines is 1. The van der Waals surface area contributed by atoms with Gasteiger partial charge in [-0.2, -0.15) is 4.98 Å². The Morgan fingerprint density at radius 1 is 1.24 bits per heavy atom. The standard InChI is InChI=1S/C22H21ClN4O2/c1-14(20-25-19(26-29-20)12-15-6-8-16(23)9-7-15)27-11-10-22(13-27)17-4-2-3-5-18(17)24-21(22)28/h2-9,14H,10-13H2,1H3,(H,24,28). The highest BCUT2D eigenvalue weighted by atomic mass is 35.5. The summed E-state index contributed by atoms with van der Waals surface area (Å²) in [5.74, 6) is 1.31. The topological polar surface area (TPSA) is 71.3 Å². The van der Waals surface area contributed by atoms with Gasteiger partial charge in [-0.05, 0) is 42.7 Å². The number of nitrogens with one attached hydrogen (secondary N) is 1. The maximum Gasteiger partial charge on any atom is 0.243 e. The van der Waals surface area contributed by atoms with Gasteiger partial charge in [-0.25, -0.2) is 0 Å². The number of nitrogens with zero attached hydrogens (tertiary/aromatic N) is 3. The summed E-state index contributed by atoms with van der Waals surface area (Å²) in [4.78, 5) is 19.6. The van der Waals surface area contributed by atoms with Gasteiger partial charge in [0.05, 0.1) is 11.5 Å². The lowest BCUT2D eigenvalue weighted by atomic mass is 9.81. The summed E-state index contributed by atoms with van der Waals surface area (Å²) in [6.07, 6.45) is 1.37. The van der Waals surface area contributed by atoms with Crippen molar-refractivity contribution in [3.8, 4) is 0 Å². The molecule has 3 aromatic rings. The Bertz CT molecular complexity index is 1060. The number of carbonyl (C=O) groups excluding carboxylic acids is 1. The Morgan fingerprint density at radius 3 is 2.86 bits per heavy atom. The number of hydrogen-bond donors (Lipinski definition) is 1. The molecule has 2 aromatic carbocycles. The van der Waals surface area contributed by atoms with Crippen molar-refractivity contribution in [1.82, 2.24) is 15.0 Å². The first-order valence-electron chi connectivity index (χ1n) is 9.77. The Morgan fingerprint density at radius 2 is 2.03 bits per heavy atom. The number of hydrogen-bond acceptors (Lipinski definition) is 5. The zero-order valence-corrected chi connectivity index (χ0v) is 16.8. The normalized spacial score (nSPS) is 22.1. The molecule has 1 fully saturated rings. The molecule has 1 amide bonds. The zero-order chi connectivity index (χ0) is 20.0. The van der Waals surface area contributed by atoms with Crippen LogP contribution in [0.3, 0.4) is 0 Å². The van der Waals surface area contributed by atoms with Crippen LogP contribution in [0.4, 0.5) is 5.69 Å². The van der Waals surface area contributed by atoms with Crippen LogP contribution in [0.2, 0.25) is 5.02 Å². The molecule has 2 aliphatic heterocycles. The molecule has 1 N–H and O–H groups in total.